The quantitative estimate of drug-likeness (QED) is 0.829. The summed E-state index contributed by atoms with van der Waals surface area (Å²) in [6, 6.07) is 5.10. The minimum atomic E-state index is -1.08. The Morgan fingerprint density at radius 3 is 2.57 bits per heavy atom. The van der Waals surface area contributed by atoms with Gasteiger partial charge in [0, 0.05) is 31.6 Å². The number of methoxy groups -OCH3 is 3. The molecule has 2 aromatic rings. The van der Waals surface area contributed by atoms with E-state index in [-0.39, 0.29) is 12.0 Å². The predicted octanol–water partition coefficient (Wildman–Crippen LogP) is 2.42. The number of aliphatic hydroxyl groups is 1. The largest absolute Gasteiger partial charge is 0.497 e. The van der Waals surface area contributed by atoms with Gasteiger partial charge in [0.25, 0.3) is 0 Å². The first-order valence-corrected chi connectivity index (χ1v) is 6.46. The zero-order valence-electron chi connectivity index (χ0n) is 12.2. The number of rotatable bonds is 6. The number of nitrogens with zero attached hydrogens (tertiary/aromatic N) is 1. The molecule has 0 aliphatic rings. The van der Waals surface area contributed by atoms with Crippen LogP contribution in [0, 0.1) is 5.82 Å². The molecule has 5 nitrogen and oxygen atoms in total. The minimum absolute atomic E-state index is 0.111. The SMILES string of the molecule is COc1ccc2ncc(F)c(C(O)CC(OC)OC)c2c1. The summed E-state index contributed by atoms with van der Waals surface area (Å²) in [7, 11) is 4.45. The van der Waals surface area contributed by atoms with E-state index in [1.807, 2.05) is 0 Å². The molecule has 0 aliphatic carbocycles. The number of aromatic nitrogens is 1. The molecule has 2 rings (SSSR count). The number of benzene rings is 1. The van der Waals surface area contributed by atoms with Crippen LogP contribution < -0.4 is 4.74 Å². The number of hydrogen-bond donors (Lipinski definition) is 1. The highest BCUT2D eigenvalue weighted by Crippen LogP contribution is 2.31. The maximum absolute atomic E-state index is 14.1. The van der Waals surface area contributed by atoms with E-state index < -0.39 is 18.2 Å². The van der Waals surface area contributed by atoms with Crippen LogP contribution in [0.15, 0.2) is 24.4 Å². The Labute approximate surface area is 122 Å². The Kier molecular flexibility index (Phi) is 5.06. The molecule has 1 heterocycles. The van der Waals surface area contributed by atoms with Crippen molar-refractivity contribution in [3.63, 3.8) is 0 Å². The molecule has 1 unspecified atom stereocenters. The minimum Gasteiger partial charge on any atom is -0.497 e. The topological polar surface area (TPSA) is 60.8 Å². The van der Waals surface area contributed by atoms with Gasteiger partial charge in [-0.2, -0.15) is 0 Å². The van der Waals surface area contributed by atoms with Crippen LogP contribution in [0.3, 0.4) is 0 Å². The number of hydrogen-bond acceptors (Lipinski definition) is 5. The van der Waals surface area contributed by atoms with Gasteiger partial charge in [-0.3, -0.25) is 4.98 Å². The van der Waals surface area contributed by atoms with Gasteiger partial charge in [-0.05, 0) is 18.2 Å². The molecule has 1 aromatic heterocycles. The van der Waals surface area contributed by atoms with E-state index in [9.17, 15) is 9.50 Å². The number of ether oxygens (including phenoxy) is 3. The molecule has 0 saturated heterocycles. The zero-order valence-corrected chi connectivity index (χ0v) is 12.2. The molecule has 0 aliphatic heterocycles. The predicted molar refractivity (Wildman–Crippen MR) is 75.6 cm³/mol. The third-order valence-electron chi connectivity index (χ3n) is 3.34. The van der Waals surface area contributed by atoms with Gasteiger partial charge in [0.2, 0.25) is 0 Å². The summed E-state index contributed by atoms with van der Waals surface area (Å²) in [4.78, 5) is 4.01. The van der Waals surface area contributed by atoms with Crippen LogP contribution >= 0.6 is 0 Å². The van der Waals surface area contributed by atoms with Crippen LogP contribution in [0.5, 0.6) is 5.75 Å². The van der Waals surface area contributed by atoms with E-state index in [2.05, 4.69) is 4.98 Å². The maximum Gasteiger partial charge on any atom is 0.159 e. The first kappa shape index (κ1) is 15.6. The highest BCUT2D eigenvalue weighted by atomic mass is 19.1. The first-order chi connectivity index (χ1) is 10.1. The summed E-state index contributed by atoms with van der Waals surface area (Å²) < 4.78 is 29.3. The van der Waals surface area contributed by atoms with E-state index in [4.69, 9.17) is 14.2 Å². The summed E-state index contributed by atoms with van der Waals surface area (Å²) in [5.41, 5.74) is 0.746. The highest BCUT2D eigenvalue weighted by Gasteiger charge is 2.21. The Balaban J connectivity index is 2.47. The standard InChI is InChI=1S/C15H18FNO4/c1-19-9-4-5-12-10(6-9)15(11(16)8-17-12)13(18)7-14(20-2)21-3/h4-6,8,13-14,18H,7H2,1-3H3. The van der Waals surface area contributed by atoms with Crippen molar-refractivity contribution in [2.24, 2.45) is 0 Å². The molecule has 1 N–H and O–H groups in total. The Morgan fingerprint density at radius 2 is 1.95 bits per heavy atom. The van der Waals surface area contributed by atoms with Gasteiger partial charge in [-0.25, -0.2) is 4.39 Å². The fourth-order valence-electron chi connectivity index (χ4n) is 2.22. The van der Waals surface area contributed by atoms with E-state index >= 15 is 0 Å². The number of fused-ring (bicyclic) bond motifs is 1. The summed E-state index contributed by atoms with van der Waals surface area (Å²) in [6.45, 7) is 0. The van der Waals surface area contributed by atoms with Gasteiger partial charge in [-0.15, -0.1) is 0 Å². The third kappa shape index (κ3) is 3.29. The normalized spacial score (nSPS) is 12.9. The molecule has 0 amide bonds. The highest BCUT2D eigenvalue weighted by molar-refractivity contribution is 5.84. The molecule has 1 atom stereocenters. The van der Waals surface area contributed by atoms with Crippen molar-refractivity contribution in [1.82, 2.24) is 4.98 Å². The maximum atomic E-state index is 14.1. The van der Waals surface area contributed by atoms with Crippen molar-refractivity contribution < 1.29 is 23.7 Å². The summed E-state index contributed by atoms with van der Waals surface area (Å²) >= 11 is 0. The van der Waals surface area contributed by atoms with Crippen LogP contribution in [-0.2, 0) is 9.47 Å². The van der Waals surface area contributed by atoms with E-state index in [0.29, 0.717) is 16.7 Å². The average Bonchev–Trinajstić information content (AvgIpc) is 2.51. The zero-order chi connectivity index (χ0) is 15.4. The number of pyridine rings is 1. The molecule has 0 spiro atoms. The smallest absolute Gasteiger partial charge is 0.159 e. The van der Waals surface area contributed by atoms with Gasteiger partial charge in [0.1, 0.15) is 11.6 Å². The second-order valence-corrected chi connectivity index (χ2v) is 4.56. The second kappa shape index (κ2) is 6.80. The molecule has 0 radical (unpaired) electrons. The lowest BCUT2D eigenvalue weighted by Crippen LogP contribution is -2.18. The summed E-state index contributed by atoms with van der Waals surface area (Å²) in [6.07, 6.45) is -0.483. The third-order valence-corrected chi connectivity index (χ3v) is 3.34. The summed E-state index contributed by atoms with van der Waals surface area (Å²) in [5.74, 6) is -0.00686. The fourth-order valence-corrected chi connectivity index (χ4v) is 2.22. The van der Waals surface area contributed by atoms with Gasteiger partial charge in [-0.1, -0.05) is 0 Å². The van der Waals surface area contributed by atoms with E-state index in [1.165, 1.54) is 21.3 Å². The summed E-state index contributed by atoms with van der Waals surface area (Å²) in [5, 5.41) is 10.8. The van der Waals surface area contributed by atoms with Crippen LogP contribution in [-0.4, -0.2) is 37.7 Å². The first-order valence-electron chi connectivity index (χ1n) is 6.46. The van der Waals surface area contributed by atoms with Crippen LogP contribution in [0.4, 0.5) is 4.39 Å². The number of aliphatic hydroxyl groups excluding tert-OH is 1. The number of halogens is 1. The molecule has 1 aromatic carbocycles. The van der Waals surface area contributed by atoms with Crippen LogP contribution in [0.1, 0.15) is 18.1 Å². The van der Waals surface area contributed by atoms with Crippen molar-refractivity contribution in [2.75, 3.05) is 21.3 Å². The van der Waals surface area contributed by atoms with E-state index in [0.717, 1.165) is 6.20 Å². The lowest BCUT2D eigenvalue weighted by atomic mass is 10.0. The average molecular weight is 295 g/mol. The van der Waals surface area contributed by atoms with Gasteiger partial charge in [0.05, 0.1) is 24.9 Å². The van der Waals surface area contributed by atoms with Crippen molar-refractivity contribution >= 4 is 10.9 Å². The molecular formula is C15H18FNO4. The Hall–Kier alpha value is -1.76. The Bertz CT molecular complexity index is 616. The lowest BCUT2D eigenvalue weighted by Gasteiger charge is -2.19. The van der Waals surface area contributed by atoms with Crippen molar-refractivity contribution in [2.45, 2.75) is 18.8 Å². The van der Waals surface area contributed by atoms with Crippen LogP contribution in [0.2, 0.25) is 0 Å². The molecule has 6 heteroatoms. The fraction of sp³-hybridized carbons (Fsp3) is 0.400. The molecular weight excluding hydrogens is 277 g/mol. The van der Waals surface area contributed by atoms with Crippen molar-refractivity contribution in [3.8, 4) is 5.75 Å². The molecule has 0 fully saturated rings. The van der Waals surface area contributed by atoms with E-state index in [1.54, 1.807) is 18.2 Å². The molecule has 0 saturated carbocycles. The van der Waals surface area contributed by atoms with Gasteiger partial charge in [0.15, 0.2) is 6.29 Å². The van der Waals surface area contributed by atoms with Gasteiger partial charge >= 0.3 is 0 Å². The lowest BCUT2D eigenvalue weighted by molar-refractivity contribution is -0.123. The monoisotopic (exact) mass is 295 g/mol. The van der Waals surface area contributed by atoms with Gasteiger partial charge < -0.3 is 19.3 Å². The van der Waals surface area contributed by atoms with Crippen molar-refractivity contribution in [1.29, 1.82) is 0 Å². The Morgan fingerprint density at radius 1 is 1.24 bits per heavy atom. The second-order valence-electron chi connectivity index (χ2n) is 4.56. The van der Waals surface area contributed by atoms with Crippen LogP contribution in [0.25, 0.3) is 10.9 Å². The molecule has 0 bridgehead atoms. The van der Waals surface area contributed by atoms with Crippen molar-refractivity contribution in [3.05, 3.63) is 35.8 Å². The molecule has 114 valence electrons. The molecule has 21 heavy (non-hydrogen) atoms.